The minimum Gasteiger partial charge on any atom is -0.412 e. The predicted octanol–water partition coefficient (Wildman–Crippen LogP) is -4.08. The second kappa shape index (κ2) is 5.29. The largest absolute Gasteiger partial charge is 0.412 e. The van der Waals surface area contributed by atoms with Crippen LogP contribution in [-0.2, 0) is 4.84 Å². The zero-order valence-electron chi connectivity index (χ0n) is 9.17. The summed E-state index contributed by atoms with van der Waals surface area (Å²) in [4.78, 5) is 19.9. The molecule has 10 nitrogen and oxygen atoms in total. The van der Waals surface area contributed by atoms with E-state index in [1.165, 1.54) is 12.3 Å². The summed E-state index contributed by atoms with van der Waals surface area (Å²) in [5, 5.41) is 28.7. The first-order valence-electron chi connectivity index (χ1n) is 4.83. The summed E-state index contributed by atoms with van der Waals surface area (Å²) in [6.45, 7) is -0.494. The maximum atomic E-state index is 11.5. The number of hydrogen-bond donors (Lipinski definition) is 4. The van der Waals surface area contributed by atoms with Crippen molar-refractivity contribution < 1.29 is 25.6 Å². The highest BCUT2D eigenvalue weighted by molar-refractivity contribution is 5.23. The van der Waals surface area contributed by atoms with Gasteiger partial charge in [-0.1, -0.05) is 0 Å². The molecule has 0 spiro atoms. The van der Waals surface area contributed by atoms with Crippen molar-refractivity contribution in [1.82, 2.24) is 9.66 Å². The number of aliphatic hydroxyl groups is 3. The lowest BCUT2D eigenvalue weighted by Gasteiger charge is -2.21. The van der Waals surface area contributed by atoms with Gasteiger partial charge in [-0.25, -0.2) is 9.63 Å². The van der Waals surface area contributed by atoms with E-state index in [1.807, 2.05) is 0 Å². The molecule has 0 aromatic carbocycles. The van der Waals surface area contributed by atoms with Gasteiger partial charge in [-0.05, 0) is 6.07 Å². The molecule has 10 heteroatoms. The molecular weight excluding hydrogens is 248 g/mol. The van der Waals surface area contributed by atoms with Gasteiger partial charge in [0, 0.05) is 6.20 Å². The lowest BCUT2D eigenvalue weighted by molar-refractivity contribution is -0.0235. The second-order valence-corrected chi connectivity index (χ2v) is 3.51. The zero-order valence-corrected chi connectivity index (χ0v) is 9.17. The molecule has 0 unspecified atom stereocenters. The van der Waals surface area contributed by atoms with Crippen LogP contribution in [-0.4, -0.2) is 55.5 Å². The van der Waals surface area contributed by atoms with Crippen molar-refractivity contribution in [3.8, 4) is 0 Å². The maximum absolute atomic E-state index is 11.5. The van der Waals surface area contributed by atoms with Crippen LogP contribution in [0.15, 0.2) is 17.1 Å². The van der Waals surface area contributed by atoms with Crippen molar-refractivity contribution >= 4 is 5.82 Å². The van der Waals surface area contributed by atoms with Gasteiger partial charge in [0.1, 0.15) is 18.0 Å². The van der Waals surface area contributed by atoms with E-state index < -0.39 is 30.7 Å². The normalized spacial score (nSPS) is 27.1. The molecule has 2 rings (SSSR count). The van der Waals surface area contributed by atoms with Gasteiger partial charge >= 0.3 is 5.69 Å². The van der Waals surface area contributed by atoms with Gasteiger partial charge in [-0.15, -0.1) is 0 Å². The van der Waals surface area contributed by atoms with E-state index in [0.717, 1.165) is 9.85 Å². The van der Waals surface area contributed by atoms with Crippen molar-refractivity contribution in [2.75, 3.05) is 17.5 Å². The molecule has 7 N–H and O–H groups in total. The molecule has 18 heavy (non-hydrogen) atoms. The average Bonchev–Trinajstić information content (AvgIpc) is 2.57. The van der Waals surface area contributed by atoms with E-state index >= 15 is 0 Å². The van der Waals surface area contributed by atoms with E-state index in [-0.39, 0.29) is 11.3 Å². The van der Waals surface area contributed by atoms with E-state index in [1.54, 1.807) is 0 Å². The summed E-state index contributed by atoms with van der Waals surface area (Å²) in [5.41, 5.74) is 4.54. The molecule has 1 fully saturated rings. The Bertz CT molecular complexity index is 465. The lowest BCUT2D eigenvalue weighted by Crippen LogP contribution is -2.47. The van der Waals surface area contributed by atoms with Crippen molar-refractivity contribution in [3.05, 3.63) is 22.7 Å². The second-order valence-electron chi connectivity index (χ2n) is 3.51. The van der Waals surface area contributed by atoms with Gasteiger partial charge in [-0.3, -0.25) is 0 Å². The lowest BCUT2D eigenvalue weighted by atomic mass is 10.2. The molecule has 102 valence electrons. The topological polar surface area (TPSA) is 166 Å². The van der Waals surface area contributed by atoms with E-state index in [2.05, 4.69) is 4.98 Å². The molecule has 1 aromatic rings. The molecule has 0 aliphatic carbocycles. The number of nitrogens with zero attached hydrogens (tertiary/aromatic N) is 3. The molecule has 0 amide bonds. The van der Waals surface area contributed by atoms with Crippen LogP contribution in [0, 0.1) is 0 Å². The fourth-order valence-corrected chi connectivity index (χ4v) is 1.47. The molecular formula is C8H14N4O6. The Morgan fingerprint density at radius 2 is 2.17 bits per heavy atom. The summed E-state index contributed by atoms with van der Waals surface area (Å²) in [5.74, 6) is 0.0270. The molecule has 0 bridgehead atoms. The number of hydroxylamine groups is 1. The molecule has 0 radical (unpaired) electrons. The summed E-state index contributed by atoms with van der Waals surface area (Å²) in [7, 11) is 0. The molecule has 2 heterocycles. The third kappa shape index (κ3) is 2.27. The smallest absolute Gasteiger partial charge is 0.370 e. The standard InChI is InChI=1S/C8H12N4O5.H2O/c9-5-1-2-11(8(16)10-5)12-7(15)6(14)4(3-13)17-12;/h1-2,4,6-7,13-15H,3H2,(H2,9,10,16);1H2/t4-,6-,7-;/m1./s1. The Balaban J connectivity index is 0.00000162. The van der Waals surface area contributed by atoms with Crippen LogP contribution in [0.25, 0.3) is 0 Å². The molecule has 1 aliphatic heterocycles. The summed E-state index contributed by atoms with van der Waals surface area (Å²) in [6, 6.07) is 1.33. The Morgan fingerprint density at radius 1 is 1.50 bits per heavy atom. The third-order valence-electron chi connectivity index (χ3n) is 2.36. The Labute approximate surface area is 101 Å². The molecule has 1 aliphatic rings. The fraction of sp³-hybridized carbons (Fsp3) is 0.500. The van der Waals surface area contributed by atoms with Gasteiger partial charge < -0.3 is 26.5 Å². The van der Waals surface area contributed by atoms with E-state index in [9.17, 15) is 15.0 Å². The van der Waals surface area contributed by atoms with Crippen LogP contribution >= 0.6 is 0 Å². The molecule has 1 aromatic heterocycles. The van der Waals surface area contributed by atoms with Crippen LogP contribution in [0.3, 0.4) is 0 Å². The average molecular weight is 262 g/mol. The highest BCUT2D eigenvalue weighted by atomic mass is 16.8. The monoisotopic (exact) mass is 262 g/mol. The van der Waals surface area contributed by atoms with Crippen molar-refractivity contribution in [1.29, 1.82) is 0 Å². The summed E-state index contributed by atoms with van der Waals surface area (Å²) in [6.07, 6.45) is -2.57. The maximum Gasteiger partial charge on any atom is 0.370 e. The Kier molecular flexibility index (Phi) is 4.21. The molecule has 3 atom stereocenters. The molecule has 1 saturated heterocycles. The van der Waals surface area contributed by atoms with Crippen LogP contribution in [0.2, 0.25) is 0 Å². The van der Waals surface area contributed by atoms with Crippen molar-refractivity contribution in [3.63, 3.8) is 0 Å². The minimum atomic E-state index is -1.48. The number of nitrogen functional groups attached to an aromatic ring is 1. The fourth-order valence-electron chi connectivity index (χ4n) is 1.47. The number of rotatable bonds is 2. The number of aromatic nitrogens is 2. The number of hydrogen-bond acceptors (Lipinski definition) is 8. The van der Waals surface area contributed by atoms with E-state index in [0.29, 0.717) is 0 Å². The van der Waals surface area contributed by atoms with Crippen LogP contribution in [0.1, 0.15) is 0 Å². The van der Waals surface area contributed by atoms with Crippen molar-refractivity contribution in [2.24, 2.45) is 0 Å². The van der Waals surface area contributed by atoms with E-state index in [4.69, 9.17) is 15.7 Å². The van der Waals surface area contributed by atoms with Crippen LogP contribution in [0.4, 0.5) is 5.82 Å². The molecule has 0 saturated carbocycles. The summed E-state index contributed by atoms with van der Waals surface area (Å²) < 4.78 is 0.847. The highest BCUT2D eigenvalue weighted by Gasteiger charge is 2.42. The third-order valence-corrected chi connectivity index (χ3v) is 2.36. The highest BCUT2D eigenvalue weighted by Crippen LogP contribution is 2.17. The van der Waals surface area contributed by atoms with Gasteiger partial charge in [-0.2, -0.15) is 14.8 Å². The quantitative estimate of drug-likeness (QED) is 0.417. The van der Waals surface area contributed by atoms with Crippen LogP contribution < -0.4 is 16.6 Å². The predicted molar refractivity (Wildman–Crippen MR) is 58.7 cm³/mol. The van der Waals surface area contributed by atoms with Gasteiger partial charge in [0.05, 0.1) is 6.61 Å². The SMILES string of the molecule is Nc1ccn(N2O[C@H](CO)[C@@H](O)[C@H]2O)c(=O)n1.O. The zero-order chi connectivity index (χ0) is 12.6. The van der Waals surface area contributed by atoms with Crippen LogP contribution in [0.5, 0.6) is 0 Å². The first-order valence-corrected chi connectivity index (χ1v) is 4.83. The van der Waals surface area contributed by atoms with Gasteiger partial charge in [0.15, 0.2) is 6.23 Å². The van der Waals surface area contributed by atoms with Gasteiger partial charge in [0.25, 0.3) is 0 Å². The minimum absolute atomic E-state index is 0. The van der Waals surface area contributed by atoms with Crippen molar-refractivity contribution in [2.45, 2.75) is 18.4 Å². The first-order chi connectivity index (χ1) is 8.04. The first kappa shape index (κ1) is 14.3. The van der Waals surface area contributed by atoms with Gasteiger partial charge in [0.2, 0.25) is 0 Å². The summed E-state index contributed by atoms with van der Waals surface area (Å²) >= 11 is 0. The Morgan fingerprint density at radius 3 is 2.67 bits per heavy atom. The number of anilines is 1. The number of nitrogens with two attached hydrogens (primary N) is 1. The number of aliphatic hydroxyl groups excluding tert-OH is 3. The Hall–Kier alpha value is -1.72.